The molecule has 2 aromatic carbocycles. The van der Waals surface area contributed by atoms with Crippen LogP contribution in [-0.2, 0) is 0 Å². The van der Waals surface area contributed by atoms with Gasteiger partial charge in [-0.3, -0.25) is 15.1 Å². The van der Waals surface area contributed by atoms with Crippen molar-refractivity contribution >= 4 is 54.1 Å². The first kappa shape index (κ1) is 16.0. The van der Waals surface area contributed by atoms with E-state index in [-0.39, 0.29) is 5.91 Å². The molecule has 1 amide bonds. The summed E-state index contributed by atoms with van der Waals surface area (Å²) in [5.74, 6) is -0.239. The molecule has 27 heavy (non-hydrogen) atoms. The summed E-state index contributed by atoms with van der Waals surface area (Å²) in [4.78, 5) is 26.4. The van der Waals surface area contributed by atoms with E-state index in [1.807, 2.05) is 48.5 Å². The Bertz CT molecular complexity index is 1230. The molecule has 0 aliphatic rings. The zero-order valence-electron chi connectivity index (χ0n) is 13.9. The Morgan fingerprint density at radius 1 is 0.815 bits per heavy atom. The molecule has 0 unspecified atom stereocenters. The lowest BCUT2D eigenvalue weighted by atomic mass is 10.2. The highest BCUT2D eigenvalue weighted by Crippen LogP contribution is 2.31. The van der Waals surface area contributed by atoms with E-state index >= 15 is 0 Å². The van der Waals surface area contributed by atoms with E-state index in [2.05, 4.69) is 20.3 Å². The van der Waals surface area contributed by atoms with Crippen LogP contribution in [0.5, 0.6) is 0 Å². The minimum Gasteiger partial charge on any atom is -0.298 e. The van der Waals surface area contributed by atoms with Gasteiger partial charge in [0.05, 0.1) is 26.0 Å². The largest absolute Gasteiger partial charge is 0.298 e. The predicted molar refractivity (Wildman–Crippen MR) is 110 cm³/mol. The number of anilines is 1. The van der Waals surface area contributed by atoms with Crippen LogP contribution in [0.4, 0.5) is 5.13 Å². The van der Waals surface area contributed by atoms with Gasteiger partial charge in [0.2, 0.25) is 0 Å². The molecule has 0 aliphatic carbocycles. The van der Waals surface area contributed by atoms with Crippen molar-refractivity contribution in [3.63, 3.8) is 0 Å². The number of amides is 1. The predicted octanol–water partition coefficient (Wildman–Crippen LogP) is 5.22. The number of thiazole rings is 2. The third-order valence-electron chi connectivity index (χ3n) is 4.06. The molecule has 1 N–H and O–H groups in total. The van der Waals surface area contributed by atoms with Crippen LogP contribution in [0.2, 0.25) is 0 Å². The highest BCUT2D eigenvalue weighted by atomic mass is 32.1. The number of rotatable bonds is 3. The van der Waals surface area contributed by atoms with Crippen molar-refractivity contribution in [1.82, 2.24) is 15.0 Å². The van der Waals surface area contributed by atoms with Crippen LogP contribution in [0.1, 0.15) is 10.4 Å². The van der Waals surface area contributed by atoms with Crippen molar-refractivity contribution < 1.29 is 4.79 Å². The van der Waals surface area contributed by atoms with Gasteiger partial charge in [-0.25, -0.2) is 9.97 Å². The Morgan fingerprint density at radius 2 is 1.52 bits per heavy atom. The highest BCUT2D eigenvalue weighted by Gasteiger charge is 2.18. The van der Waals surface area contributed by atoms with E-state index < -0.39 is 0 Å². The maximum atomic E-state index is 12.9. The monoisotopic (exact) mass is 388 g/mol. The molecule has 0 radical (unpaired) electrons. The highest BCUT2D eigenvalue weighted by molar-refractivity contribution is 7.22. The zero-order valence-corrected chi connectivity index (χ0v) is 15.6. The Hall–Kier alpha value is -3.16. The molecule has 0 spiro atoms. The topological polar surface area (TPSA) is 67.8 Å². The Kier molecular flexibility index (Phi) is 3.88. The molecule has 5 nitrogen and oxygen atoms in total. The fourth-order valence-electron chi connectivity index (χ4n) is 2.82. The van der Waals surface area contributed by atoms with Crippen LogP contribution in [0.15, 0.2) is 66.9 Å². The molecule has 0 bridgehead atoms. The lowest BCUT2D eigenvalue weighted by Gasteiger charge is -2.05. The summed E-state index contributed by atoms with van der Waals surface area (Å²) in [6, 6.07) is 19.2. The van der Waals surface area contributed by atoms with Crippen LogP contribution in [0.25, 0.3) is 31.1 Å². The van der Waals surface area contributed by atoms with E-state index in [1.54, 1.807) is 18.3 Å². The van der Waals surface area contributed by atoms with Gasteiger partial charge in [-0.1, -0.05) is 35.6 Å². The van der Waals surface area contributed by atoms with E-state index in [1.165, 1.54) is 22.7 Å². The molecule has 5 rings (SSSR count). The standard InChI is InChI=1S/C20H12N4OS2/c25-18(24-20-23-14-8-2-4-10-16(14)27-20)12-6-5-11-21-17(12)19-22-13-7-1-3-9-15(13)26-19/h1-11H,(H,23,24,25). The SMILES string of the molecule is O=C(Nc1nc2ccccc2s1)c1cccnc1-c1nc2ccccc2s1. The first-order chi connectivity index (χ1) is 13.3. The number of carbonyl (C=O) groups is 1. The van der Waals surface area contributed by atoms with Gasteiger partial charge in [0.25, 0.3) is 5.91 Å². The van der Waals surface area contributed by atoms with Crippen molar-refractivity contribution in [2.24, 2.45) is 0 Å². The van der Waals surface area contributed by atoms with Gasteiger partial charge in [-0.15, -0.1) is 11.3 Å². The molecule has 0 saturated carbocycles. The van der Waals surface area contributed by atoms with Crippen molar-refractivity contribution in [3.05, 3.63) is 72.4 Å². The Balaban J connectivity index is 1.52. The molecular weight excluding hydrogens is 376 g/mol. The molecule has 0 atom stereocenters. The first-order valence-electron chi connectivity index (χ1n) is 8.26. The maximum absolute atomic E-state index is 12.9. The van der Waals surface area contributed by atoms with E-state index in [0.717, 1.165) is 25.4 Å². The molecule has 0 aliphatic heterocycles. The van der Waals surface area contributed by atoms with Gasteiger partial charge in [0, 0.05) is 6.20 Å². The molecular formula is C20H12N4OS2. The summed E-state index contributed by atoms with van der Waals surface area (Å²) in [6.07, 6.45) is 1.68. The maximum Gasteiger partial charge on any atom is 0.259 e. The van der Waals surface area contributed by atoms with E-state index in [0.29, 0.717) is 16.4 Å². The van der Waals surface area contributed by atoms with Gasteiger partial charge < -0.3 is 0 Å². The number of carbonyl (C=O) groups excluding carboxylic acids is 1. The molecule has 3 aromatic heterocycles. The summed E-state index contributed by atoms with van der Waals surface area (Å²) in [6.45, 7) is 0. The lowest BCUT2D eigenvalue weighted by molar-refractivity contribution is 0.102. The third-order valence-corrected chi connectivity index (χ3v) is 6.06. The number of hydrogen-bond acceptors (Lipinski definition) is 6. The van der Waals surface area contributed by atoms with Crippen LogP contribution in [0, 0.1) is 0 Å². The minimum atomic E-state index is -0.239. The van der Waals surface area contributed by atoms with Crippen molar-refractivity contribution in [3.8, 4) is 10.7 Å². The molecule has 0 fully saturated rings. The summed E-state index contributed by atoms with van der Waals surface area (Å²) in [5, 5.41) is 4.19. The van der Waals surface area contributed by atoms with Crippen molar-refractivity contribution in [2.45, 2.75) is 0 Å². The number of aromatic nitrogens is 3. The molecule has 0 saturated heterocycles. The second-order valence-corrected chi connectivity index (χ2v) is 7.89. The molecule has 3 heterocycles. The van der Waals surface area contributed by atoms with Crippen molar-refractivity contribution in [1.29, 1.82) is 0 Å². The number of benzene rings is 2. The average Bonchev–Trinajstić information content (AvgIpc) is 3.31. The summed E-state index contributed by atoms with van der Waals surface area (Å²) < 4.78 is 2.10. The van der Waals surface area contributed by atoms with E-state index in [4.69, 9.17) is 0 Å². The lowest BCUT2D eigenvalue weighted by Crippen LogP contribution is -2.13. The van der Waals surface area contributed by atoms with Crippen LogP contribution in [-0.4, -0.2) is 20.9 Å². The number of hydrogen-bond donors (Lipinski definition) is 1. The van der Waals surface area contributed by atoms with Crippen LogP contribution < -0.4 is 5.32 Å². The number of nitrogens with one attached hydrogen (secondary N) is 1. The zero-order chi connectivity index (χ0) is 18.2. The van der Waals surface area contributed by atoms with Gasteiger partial charge in [0.15, 0.2) is 5.13 Å². The van der Waals surface area contributed by atoms with Gasteiger partial charge >= 0.3 is 0 Å². The summed E-state index contributed by atoms with van der Waals surface area (Å²) >= 11 is 2.97. The normalized spacial score (nSPS) is 11.1. The van der Waals surface area contributed by atoms with Crippen LogP contribution >= 0.6 is 22.7 Å². The van der Waals surface area contributed by atoms with Gasteiger partial charge in [-0.05, 0) is 36.4 Å². The molecule has 7 heteroatoms. The quantitative estimate of drug-likeness (QED) is 0.460. The van der Waals surface area contributed by atoms with Crippen molar-refractivity contribution in [2.75, 3.05) is 5.32 Å². The number of nitrogens with zero attached hydrogens (tertiary/aromatic N) is 3. The van der Waals surface area contributed by atoms with Crippen LogP contribution in [0.3, 0.4) is 0 Å². The second-order valence-electron chi connectivity index (χ2n) is 5.83. The number of pyridine rings is 1. The fraction of sp³-hybridized carbons (Fsp3) is 0. The Labute approximate surface area is 162 Å². The number of para-hydroxylation sites is 2. The molecule has 5 aromatic rings. The summed E-state index contributed by atoms with van der Waals surface area (Å²) in [7, 11) is 0. The first-order valence-corrected chi connectivity index (χ1v) is 9.89. The average molecular weight is 388 g/mol. The van der Waals surface area contributed by atoms with Gasteiger partial charge in [-0.2, -0.15) is 0 Å². The second kappa shape index (κ2) is 6.53. The minimum absolute atomic E-state index is 0.239. The summed E-state index contributed by atoms with van der Waals surface area (Å²) in [5.41, 5.74) is 2.84. The fourth-order valence-corrected chi connectivity index (χ4v) is 4.66. The number of fused-ring (bicyclic) bond motifs is 2. The molecule has 130 valence electrons. The third kappa shape index (κ3) is 2.97. The van der Waals surface area contributed by atoms with Gasteiger partial charge in [0.1, 0.15) is 10.7 Å². The smallest absolute Gasteiger partial charge is 0.259 e. The Morgan fingerprint density at radius 3 is 2.26 bits per heavy atom. The van der Waals surface area contributed by atoms with E-state index in [9.17, 15) is 4.79 Å².